The fraction of sp³-hybridized carbons (Fsp3) is 0.167. The SMILES string of the molecule is COc1cccc(NC(=O)c2ccc3c(c2)CCCN3C(=O)c2ccc(Cl)cc2)c1. The van der Waals surface area contributed by atoms with Crippen molar-refractivity contribution in [2.24, 2.45) is 0 Å². The predicted octanol–water partition coefficient (Wildman–Crippen LogP) is 5.19. The maximum absolute atomic E-state index is 13.0. The van der Waals surface area contributed by atoms with Crippen LogP contribution in [0.3, 0.4) is 0 Å². The molecule has 3 aromatic carbocycles. The Morgan fingerprint density at radius 2 is 1.77 bits per heavy atom. The lowest BCUT2D eigenvalue weighted by Gasteiger charge is -2.30. The van der Waals surface area contributed by atoms with E-state index in [9.17, 15) is 9.59 Å². The second-order valence-electron chi connectivity index (χ2n) is 7.10. The minimum absolute atomic E-state index is 0.0683. The van der Waals surface area contributed by atoms with E-state index in [1.165, 1.54) is 0 Å². The van der Waals surface area contributed by atoms with Gasteiger partial charge in [-0.05, 0) is 73.0 Å². The van der Waals surface area contributed by atoms with Crippen molar-refractivity contribution >= 4 is 34.8 Å². The molecule has 6 heteroatoms. The maximum atomic E-state index is 13.0. The number of fused-ring (bicyclic) bond motifs is 1. The van der Waals surface area contributed by atoms with Crippen molar-refractivity contribution in [3.8, 4) is 5.75 Å². The molecule has 0 aromatic heterocycles. The van der Waals surface area contributed by atoms with Gasteiger partial charge in [0.25, 0.3) is 11.8 Å². The van der Waals surface area contributed by atoms with E-state index in [0.29, 0.717) is 34.1 Å². The first-order valence-corrected chi connectivity index (χ1v) is 10.1. The Labute approximate surface area is 180 Å². The number of amides is 2. The normalized spacial score (nSPS) is 12.8. The molecule has 30 heavy (non-hydrogen) atoms. The van der Waals surface area contributed by atoms with Gasteiger partial charge in [0, 0.05) is 40.1 Å². The molecular formula is C24H21ClN2O3. The number of carbonyl (C=O) groups excluding carboxylic acids is 2. The second-order valence-corrected chi connectivity index (χ2v) is 7.53. The van der Waals surface area contributed by atoms with Gasteiger partial charge in [0.05, 0.1) is 7.11 Å². The summed E-state index contributed by atoms with van der Waals surface area (Å²) in [6, 6.07) is 19.6. The molecule has 0 bridgehead atoms. The molecule has 152 valence electrons. The quantitative estimate of drug-likeness (QED) is 0.631. The first kappa shape index (κ1) is 20.0. The van der Waals surface area contributed by atoms with Crippen LogP contribution in [0.5, 0.6) is 5.75 Å². The van der Waals surface area contributed by atoms with Crippen molar-refractivity contribution in [1.29, 1.82) is 0 Å². The van der Waals surface area contributed by atoms with Gasteiger partial charge in [-0.3, -0.25) is 9.59 Å². The van der Waals surface area contributed by atoms with E-state index in [2.05, 4.69) is 5.32 Å². The molecule has 0 spiro atoms. The molecule has 4 rings (SSSR count). The Hall–Kier alpha value is -3.31. The van der Waals surface area contributed by atoms with Crippen LogP contribution in [-0.4, -0.2) is 25.5 Å². The molecule has 0 atom stereocenters. The lowest BCUT2D eigenvalue weighted by molar-refractivity contribution is 0.0984. The lowest BCUT2D eigenvalue weighted by Crippen LogP contribution is -2.35. The van der Waals surface area contributed by atoms with Crippen LogP contribution in [0.15, 0.2) is 66.7 Å². The van der Waals surface area contributed by atoms with E-state index in [1.54, 1.807) is 48.4 Å². The van der Waals surface area contributed by atoms with Crippen LogP contribution in [0.2, 0.25) is 5.02 Å². The Kier molecular flexibility index (Phi) is 5.72. The fourth-order valence-corrected chi connectivity index (χ4v) is 3.73. The molecule has 1 aliphatic rings. The van der Waals surface area contributed by atoms with Gasteiger partial charge < -0.3 is 15.0 Å². The first-order valence-electron chi connectivity index (χ1n) is 9.71. The largest absolute Gasteiger partial charge is 0.497 e. The van der Waals surface area contributed by atoms with Crippen LogP contribution in [0.25, 0.3) is 0 Å². The minimum atomic E-state index is -0.202. The lowest BCUT2D eigenvalue weighted by atomic mass is 9.98. The number of anilines is 2. The fourth-order valence-electron chi connectivity index (χ4n) is 3.60. The molecule has 0 saturated heterocycles. The highest BCUT2D eigenvalue weighted by Crippen LogP contribution is 2.30. The maximum Gasteiger partial charge on any atom is 0.258 e. The number of ether oxygens (including phenoxy) is 1. The van der Waals surface area contributed by atoms with Crippen LogP contribution in [0.1, 0.15) is 32.7 Å². The summed E-state index contributed by atoms with van der Waals surface area (Å²) in [4.78, 5) is 27.5. The Morgan fingerprint density at radius 1 is 1.00 bits per heavy atom. The minimum Gasteiger partial charge on any atom is -0.497 e. The zero-order chi connectivity index (χ0) is 21.1. The third-order valence-corrected chi connectivity index (χ3v) is 5.38. The summed E-state index contributed by atoms with van der Waals surface area (Å²) < 4.78 is 5.20. The van der Waals surface area contributed by atoms with Crippen LogP contribution >= 0.6 is 11.6 Å². The van der Waals surface area contributed by atoms with Crippen LogP contribution < -0.4 is 15.0 Å². The number of hydrogen-bond acceptors (Lipinski definition) is 3. The number of carbonyl (C=O) groups is 2. The Morgan fingerprint density at radius 3 is 2.53 bits per heavy atom. The number of halogens is 1. The van der Waals surface area contributed by atoms with E-state index in [0.717, 1.165) is 24.1 Å². The van der Waals surface area contributed by atoms with Gasteiger partial charge in [0.2, 0.25) is 0 Å². The Bertz CT molecular complexity index is 1100. The van der Waals surface area contributed by atoms with Crippen molar-refractivity contribution in [3.05, 3.63) is 88.4 Å². The van der Waals surface area contributed by atoms with Crippen molar-refractivity contribution in [3.63, 3.8) is 0 Å². The van der Waals surface area contributed by atoms with Crippen LogP contribution in [0, 0.1) is 0 Å². The summed E-state index contributed by atoms with van der Waals surface area (Å²) in [5, 5.41) is 3.49. The summed E-state index contributed by atoms with van der Waals surface area (Å²) in [6.45, 7) is 0.643. The third-order valence-electron chi connectivity index (χ3n) is 5.12. The average molecular weight is 421 g/mol. The number of hydrogen-bond donors (Lipinski definition) is 1. The molecule has 0 fully saturated rings. The van der Waals surface area contributed by atoms with Gasteiger partial charge in [-0.2, -0.15) is 0 Å². The van der Waals surface area contributed by atoms with E-state index >= 15 is 0 Å². The summed E-state index contributed by atoms with van der Waals surface area (Å²) in [5.74, 6) is 0.406. The first-order chi connectivity index (χ1) is 14.5. The molecule has 3 aromatic rings. The number of aryl methyl sites for hydroxylation is 1. The van der Waals surface area contributed by atoms with Gasteiger partial charge in [-0.15, -0.1) is 0 Å². The molecule has 0 aliphatic carbocycles. The zero-order valence-electron chi connectivity index (χ0n) is 16.5. The van der Waals surface area contributed by atoms with Crippen molar-refractivity contribution in [1.82, 2.24) is 0 Å². The highest BCUT2D eigenvalue weighted by molar-refractivity contribution is 6.30. The molecule has 1 heterocycles. The smallest absolute Gasteiger partial charge is 0.258 e. The number of benzene rings is 3. The standard InChI is InChI=1S/C24H21ClN2O3/c1-30-21-6-2-5-20(15-21)26-23(28)18-9-12-22-17(14-18)4-3-13-27(22)24(29)16-7-10-19(25)11-8-16/h2,5-12,14-15H,3-4,13H2,1H3,(H,26,28). The number of nitrogens with one attached hydrogen (secondary N) is 1. The predicted molar refractivity (Wildman–Crippen MR) is 119 cm³/mol. The van der Waals surface area contributed by atoms with Crippen LogP contribution in [0.4, 0.5) is 11.4 Å². The van der Waals surface area contributed by atoms with Gasteiger partial charge in [0.1, 0.15) is 5.75 Å². The summed E-state index contributed by atoms with van der Waals surface area (Å²) >= 11 is 5.94. The highest BCUT2D eigenvalue weighted by Gasteiger charge is 2.24. The van der Waals surface area contributed by atoms with Crippen LogP contribution in [-0.2, 0) is 6.42 Å². The molecule has 1 N–H and O–H groups in total. The monoisotopic (exact) mass is 420 g/mol. The van der Waals surface area contributed by atoms with Gasteiger partial charge in [-0.25, -0.2) is 0 Å². The number of methoxy groups -OCH3 is 1. The average Bonchev–Trinajstić information content (AvgIpc) is 2.78. The molecule has 5 nitrogen and oxygen atoms in total. The summed E-state index contributed by atoms with van der Waals surface area (Å²) in [7, 11) is 1.58. The zero-order valence-corrected chi connectivity index (χ0v) is 17.3. The van der Waals surface area contributed by atoms with Gasteiger partial charge >= 0.3 is 0 Å². The number of rotatable bonds is 4. The topological polar surface area (TPSA) is 58.6 Å². The molecular weight excluding hydrogens is 400 g/mol. The summed E-state index contributed by atoms with van der Waals surface area (Å²) in [6.07, 6.45) is 1.66. The second kappa shape index (κ2) is 8.59. The van der Waals surface area contributed by atoms with Gasteiger partial charge in [-0.1, -0.05) is 17.7 Å². The van der Waals surface area contributed by atoms with Crippen molar-refractivity contribution < 1.29 is 14.3 Å². The Balaban J connectivity index is 1.56. The molecule has 0 unspecified atom stereocenters. The van der Waals surface area contributed by atoms with Crippen molar-refractivity contribution in [2.45, 2.75) is 12.8 Å². The van der Waals surface area contributed by atoms with E-state index in [4.69, 9.17) is 16.3 Å². The molecule has 0 radical (unpaired) electrons. The third kappa shape index (κ3) is 4.16. The van der Waals surface area contributed by atoms with E-state index < -0.39 is 0 Å². The van der Waals surface area contributed by atoms with E-state index in [1.807, 2.05) is 30.3 Å². The van der Waals surface area contributed by atoms with Crippen molar-refractivity contribution in [2.75, 3.05) is 23.9 Å². The molecule has 1 aliphatic heterocycles. The van der Waals surface area contributed by atoms with Gasteiger partial charge in [0.15, 0.2) is 0 Å². The number of nitrogens with zero attached hydrogens (tertiary/aromatic N) is 1. The molecule has 0 saturated carbocycles. The summed E-state index contributed by atoms with van der Waals surface area (Å²) in [5.41, 5.74) is 3.64. The van der Waals surface area contributed by atoms with E-state index in [-0.39, 0.29) is 11.8 Å². The molecule has 2 amide bonds. The highest BCUT2D eigenvalue weighted by atomic mass is 35.5.